The Morgan fingerprint density at radius 1 is 1.28 bits per heavy atom. The maximum atomic E-state index is 11.9. The Morgan fingerprint density at radius 3 is 2.56 bits per heavy atom. The molecular weight excluding hydrogens is 240 g/mol. The third-order valence-corrected chi connectivity index (χ3v) is 2.92. The fourth-order valence-corrected chi connectivity index (χ4v) is 1.91. The highest BCUT2D eigenvalue weighted by Gasteiger charge is 2.36. The average Bonchev–Trinajstić information content (AvgIpc) is 2.56. The van der Waals surface area contributed by atoms with Crippen molar-refractivity contribution >= 4 is 23.8 Å². The van der Waals surface area contributed by atoms with Crippen LogP contribution in [0.1, 0.15) is 0 Å². The van der Waals surface area contributed by atoms with E-state index in [0.717, 1.165) is 4.90 Å². The number of imide groups is 1. The lowest BCUT2D eigenvalue weighted by atomic mass is 10.3. The molecule has 2 rings (SSSR count). The molecule has 2 aliphatic heterocycles. The van der Waals surface area contributed by atoms with Gasteiger partial charge in [0.25, 0.3) is 5.91 Å². The largest absolute Gasteiger partial charge is 0.353 e. The van der Waals surface area contributed by atoms with E-state index in [9.17, 15) is 19.2 Å². The molecule has 0 bridgehead atoms. The first-order valence-electron chi connectivity index (χ1n) is 5.59. The van der Waals surface area contributed by atoms with E-state index in [1.165, 1.54) is 16.8 Å². The molecule has 8 nitrogen and oxygen atoms in total. The van der Waals surface area contributed by atoms with Gasteiger partial charge in [-0.05, 0) is 0 Å². The lowest BCUT2D eigenvalue weighted by Crippen LogP contribution is -2.53. The highest BCUT2D eigenvalue weighted by atomic mass is 16.2. The summed E-state index contributed by atoms with van der Waals surface area (Å²) in [5.74, 6) is -1.01. The summed E-state index contributed by atoms with van der Waals surface area (Å²) in [6.45, 7) is 0.468. The number of nitrogens with one attached hydrogen (secondary N) is 1. The van der Waals surface area contributed by atoms with Gasteiger partial charge >= 0.3 is 6.03 Å². The van der Waals surface area contributed by atoms with Crippen molar-refractivity contribution in [3.8, 4) is 0 Å². The zero-order valence-electron chi connectivity index (χ0n) is 10.0. The van der Waals surface area contributed by atoms with Crippen LogP contribution in [0.3, 0.4) is 0 Å². The Kier molecular flexibility index (Phi) is 3.17. The van der Waals surface area contributed by atoms with Gasteiger partial charge in [0, 0.05) is 20.1 Å². The normalized spacial score (nSPS) is 20.5. The van der Waals surface area contributed by atoms with Crippen LogP contribution in [0.4, 0.5) is 4.79 Å². The van der Waals surface area contributed by atoms with Crippen LogP contribution in [0.5, 0.6) is 0 Å². The summed E-state index contributed by atoms with van der Waals surface area (Å²) in [5.41, 5.74) is 0. The van der Waals surface area contributed by atoms with Crippen molar-refractivity contribution in [2.24, 2.45) is 0 Å². The first kappa shape index (κ1) is 12.3. The van der Waals surface area contributed by atoms with Crippen LogP contribution >= 0.6 is 0 Å². The van der Waals surface area contributed by atoms with Gasteiger partial charge < -0.3 is 15.1 Å². The Labute approximate surface area is 103 Å². The van der Waals surface area contributed by atoms with Crippen LogP contribution in [-0.4, -0.2) is 78.2 Å². The van der Waals surface area contributed by atoms with Crippen molar-refractivity contribution in [2.45, 2.75) is 0 Å². The third kappa shape index (κ3) is 2.27. The molecule has 8 heteroatoms. The van der Waals surface area contributed by atoms with Crippen molar-refractivity contribution in [3.63, 3.8) is 0 Å². The molecule has 0 aromatic carbocycles. The molecule has 0 radical (unpaired) electrons. The van der Waals surface area contributed by atoms with Crippen LogP contribution in [0.15, 0.2) is 0 Å². The van der Waals surface area contributed by atoms with Crippen LogP contribution in [0, 0.1) is 0 Å². The number of nitrogens with zero attached hydrogens (tertiary/aromatic N) is 3. The molecular formula is C10H14N4O4. The van der Waals surface area contributed by atoms with E-state index < -0.39 is 11.9 Å². The van der Waals surface area contributed by atoms with Gasteiger partial charge in [0.05, 0.1) is 6.54 Å². The van der Waals surface area contributed by atoms with Crippen LogP contribution < -0.4 is 5.32 Å². The molecule has 5 amide bonds. The summed E-state index contributed by atoms with van der Waals surface area (Å²) in [6, 6.07) is -0.477. The van der Waals surface area contributed by atoms with Gasteiger partial charge in [-0.1, -0.05) is 0 Å². The zero-order valence-corrected chi connectivity index (χ0v) is 10.0. The molecule has 2 heterocycles. The van der Waals surface area contributed by atoms with E-state index in [0.29, 0.717) is 13.1 Å². The Morgan fingerprint density at radius 2 is 2.00 bits per heavy atom. The first-order valence-corrected chi connectivity index (χ1v) is 5.59. The lowest BCUT2D eigenvalue weighted by Gasteiger charge is -2.27. The summed E-state index contributed by atoms with van der Waals surface area (Å²) < 4.78 is 0. The molecule has 2 aliphatic rings. The molecule has 18 heavy (non-hydrogen) atoms. The number of carbonyl (C=O) groups excluding carboxylic acids is 4. The number of piperazine rings is 1. The Bertz CT molecular complexity index is 422. The molecule has 0 atom stereocenters. The molecule has 2 fully saturated rings. The van der Waals surface area contributed by atoms with E-state index >= 15 is 0 Å². The van der Waals surface area contributed by atoms with Crippen LogP contribution in [-0.2, 0) is 14.4 Å². The molecule has 0 aromatic rings. The highest BCUT2D eigenvalue weighted by molar-refractivity contribution is 6.04. The minimum absolute atomic E-state index is 0.00734. The Balaban J connectivity index is 1.97. The molecule has 2 saturated heterocycles. The number of hydrogen-bond donors (Lipinski definition) is 1. The minimum atomic E-state index is -0.477. The quantitative estimate of drug-likeness (QED) is 0.568. The zero-order chi connectivity index (χ0) is 13.3. The van der Waals surface area contributed by atoms with E-state index in [1.807, 2.05) is 0 Å². The average molecular weight is 254 g/mol. The second-order valence-electron chi connectivity index (χ2n) is 4.28. The summed E-state index contributed by atoms with van der Waals surface area (Å²) in [5, 5.41) is 2.60. The van der Waals surface area contributed by atoms with Crippen molar-refractivity contribution < 1.29 is 19.2 Å². The topological polar surface area (TPSA) is 90.0 Å². The Hall–Kier alpha value is -2.12. The second-order valence-corrected chi connectivity index (χ2v) is 4.28. The predicted octanol–water partition coefficient (Wildman–Crippen LogP) is -2.16. The molecule has 0 saturated carbocycles. The van der Waals surface area contributed by atoms with Gasteiger partial charge in [0.2, 0.25) is 11.8 Å². The summed E-state index contributed by atoms with van der Waals surface area (Å²) in [7, 11) is 1.50. The van der Waals surface area contributed by atoms with Gasteiger partial charge in [-0.25, -0.2) is 4.79 Å². The van der Waals surface area contributed by atoms with Crippen LogP contribution in [0.2, 0.25) is 0 Å². The first-order chi connectivity index (χ1) is 8.49. The number of amides is 5. The van der Waals surface area contributed by atoms with Gasteiger partial charge in [-0.15, -0.1) is 0 Å². The maximum absolute atomic E-state index is 11.9. The fraction of sp³-hybridized carbons (Fsp3) is 0.600. The number of hydrogen-bond acceptors (Lipinski definition) is 4. The van der Waals surface area contributed by atoms with E-state index in [2.05, 4.69) is 5.32 Å². The summed E-state index contributed by atoms with van der Waals surface area (Å²) >= 11 is 0. The lowest BCUT2D eigenvalue weighted by molar-refractivity contribution is -0.140. The maximum Gasteiger partial charge on any atom is 0.327 e. The van der Waals surface area contributed by atoms with Crippen LogP contribution in [0.25, 0.3) is 0 Å². The van der Waals surface area contributed by atoms with E-state index in [1.54, 1.807) is 0 Å². The highest BCUT2D eigenvalue weighted by Crippen LogP contribution is 2.08. The molecule has 98 valence electrons. The molecule has 1 N–H and O–H groups in total. The molecule has 0 spiro atoms. The third-order valence-electron chi connectivity index (χ3n) is 2.92. The smallest absolute Gasteiger partial charge is 0.327 e. The molecule has 0 aliphatic carbocycles. The second kappa shape index (κ2) is 4.63. The monoisotopic (exact) mass is 254 g/mol. The predicted molar refractivity (Wildman–Crippen MR) is 59.3 cm³/mol. The summed E-state index contributed by atoms with van der Waals surface area (Å²) in [6.07, 6.45) is 0. The number of carbonyl (C=O) groups is 4. The number of rotatable bonds is 2. The van der Waals surface area contributed by atoms with Gasteiger partial charge in [0.15, 0.2) is 0 Å². The van der Waals surface area contributed by atoms with Crippen molar-refractivity contribution in [2.75, 3.05) is 39.8 Å². The SMILES string of the molecule is CN1CC(=O)N(CC(=O)N2CCNC(=O)C2)C1=O. The number of urea groups is 1. The fourth-order valence-electron chi connectivity index (χ4n) is 1.91. The van der Waals surface area contributed by atoms with Crippen molar-refractivity contribution in [3.05, 3.63) is 0 Å². The van der Waals surface area contributed by atoms with Gasteiger partial charge in [-0.2, -0.15) is 0 Å². The van der Waals surface area contributed by atoms with Gasteiger partial charge in [-0.3, -0.25) is 19.3 Å². The van der Waals surface area contributed by atoms with Crippen molar-refractivity contribution in [1.82, 2.24) is 20.0 Å². The number of likely N-dealkylation sites (N-methyl/N-ethyl adjacent to an activating group) is 1. The van der Waals surface area contributed by atoms with E-state index in [4.69, 9.17) is 0 Å². The molecule has 0 unspecified atom stereocenters. The summed E-state index contributed by atoms with van der Waals surface area (Å²) in [4.78, 5) is 49.6. The van der Waals surface area contributed by atoms with Gasteiger partial charge in [0.1, 0.15) is 13.1 Å². The molecule has 0 aromatic heterocycles. The van der Waals surface area contributed by atoms with E-state index in [-0.39, 0.29) is 31.4 Å². The standard InChI is InChI=1S/C10H14N4O4/c1-12-5-9(17)14(10(12)18)6-8(16)13-3-2-11-7(15)4-13/h2-6H2,1H3,(H,11,15). The van der Waals surface area contributed by atoms with Crippen molar-refractivity contribution in [1.29, 1.82) is 0 Å². The minimum Gasteiger partial charge on any atom is -0.353 e.